The third-order valence-electron chi connectivity index (χ3n) is 4.95. The number of hydrogen-bond acceptors (Lipinski definition) is 5. The lowest BCUT2D eigenvalue weighted by atomic mass is 9.93. The maximum Gasteiger partial charge on any atom is 0.534 e. The molecule has 0 aromatic heterocycles. The lowest BCUT2D eigenvalue weighted by Crippen LogP contribution is -2.30. The van der Waals surface area contributed by atoms with E-state index in [1.165, 1.54) is 31.4 Å². The van der Waals surface area contributed by atoms with Gasteiger partial charge >= 0.3 is 15.6 Å². The number of hydrogen-bond donors (Lipinski definition) is 0. The zero-order valence-electron chi connectivity index (χ0n) is 15.9. The predicted octanol–water partition coefficient (Wildman–Crippen LogP) is 4.24. The van der Waals surface area contributed by atoms with E-state index in [9.17, 15) is 26.4 Å². The molecule has 0 radical (unpaired) electrons. The minimum atomic E-state index is -5.70. The molecule has 2 rings (SSSR count). The smallest absolute Gasteiger partial charge is 0.376 e. The van der Waals surface area contributed by atoms with Crippen LogP contribution in [0.5, 0.6) is 5.75 Å². The number of rotatable bonds is 9. The van der Waals surface area contributed by atoms with Gasteiger partial charge in [-0.15, -0.1) is 0 Å². The molecular formula is C19H26F3NO4S. The Bertz CT molecular complexity index is 741. The molecule has 0 amide bonds. The van der Waals surface area contributed by atoms with Crippen LogP contribution < -0.4 is 4.18 Å². The molecule has 1 saturated heterocycles. The second-order valence-corrected chi connectivity index (χ2v) is 8.64. The average Bonchev–Trinajstić information content (AvgIpc) is 2.65. The summed E-state index contributed by atoms with van der Waals surface area (Å²) in [4.78, 5) is 14.8. The Morgan fingerprint density at radius 3 is 2.29 bits per heavy atom. The summed E-state index contributed by atoms with van der Waals surface area (Å²) < 4.78 is 63.1. The molecule has 0 aliphatic carbocycles. The lowest BCUT2D eigenvalue weighted by molar-refractivity contribution is -0.120. The van der Waals surface area contributed by atoms with Gasteiger partial charge in [-0.05, 0) is 63.0 Å². The van der Waals surface area contributed by atoms with Crippen LogP contribution >= 0.6 is 0 Å². The SMILES string of the molecule is C[C@@H](C(=O)CCCCN1CCCCC1)c1ccc(OS(=O)(=O)C(F)(F)F)cc1. The fourth-order valence-corrected chi connectivity index (χ4v) is 3.66. The van der Waals surface area contributed by atoms with Crippen molar-refractivity contribution in [2.45, 2.75) is 56.9 Å². The highest BCUT2D eigenvalue weighted by atomic mass is 32.2. The molecule has 158 valence electrons. The standard InChI is InChI=1S/C19H26F3NO4S/c1-15(18(24)7-3-6-14-23-12-4-2-5-13-23)16-8-10-17(11-9-16)27-28(25,26)19(20,21)22/h8-11,15H,2-7,12-14H2,1H3/t15-/m1/s1. The number of benzene rings is 1. The third kappa shape index (κ3) is 6.48. The molecular weight excluding hydrogens is 395 g/mol. The molecule has 1 fully saturated rings. The van der Waals surface area contributed by atoms with Gasteiger partial charge in [0.05, 0.1) is 0 Å². The second-order valence-electron chi connectivity index (χ2n) is 7.10. The third-order valence-corrected chi connectivity index (χ3v) is 5.93. The van der Waals surface area contributed by atoms with Gasteiger partial charge in [0.1, 0.15) is 11.5 Å². The van der Waals surface area contributed by atoms with Gasteiger partial charge in [-0.25, -0.2) is 0 Å². The zero-order chi connectivity index (χ0) is 20.8. The first-order chi connectivity index (χ1) is 13.1. The highest BCUT2D eigenvalue weighted by Gasteiger charge is 2.48. The van der Waals surface area contributed by atoms with Crippen LogP contribution in [0.15, 0.2) is 24.3 Å². The predicted molar refractivity (Wildman–Crippen MR) is 99.6 cm³/mol. The maximum atomic E-state index is 12.4. The van der Waals surface area contributed by atoms with E-state index in [2.05, 4.69) is 9.08 Å². The van der Waals surface area contributed by atoms with Crippen molar-refractivity contribution < 1.29 is 30.6 Å². The van der Waals surface area contributed by atoms with Gasteiger partial charge in [-0.2, -0.15) is 21.6 Å². The number of ketones is 1. The lowest BCUT2D eigenvalue weighted by Gasteiger charge is -2.26. The van der Waals surface area contributed by atoms with Gasteiger partial charge in [-0.3, -0.25) is 4.79 Å². The molecule has 5 nitrogen and oxygen atoms in total. The summed E-state index contributed by atoms with van der Waals surface area (Å²) in [7, 11) is -5.70. The number of nitrogens with zero attached hydrogens (tertiary/aromatic N) is 1. The number of alkyl halides is 3. The van der Waals surface area contributed by atoms with Gasteiger partial charge in [0.2, 0.25) is 0 Å². The molecule has 1 aliphatic rings. The molecule has 28 heavy (non-hydrogen) atoms. The number of unbranched alkanes of at least 4 members (excludes halogenated alkanes) is 1. The highest BCUT2D eigenvalue weighted by Crippen LogP contribution is 2.28. The van der Waals surface area contributed by atoms with Crippen LogP contribution in [-0.2, 0) is 14.9 Å². The maximum absolute atomic E-state index is 12.4. The van der Waals surface area contributed by atoms with Gasteiger partial charge in [0.15, 0.2) is 0 Å². The van der Waals surface area contributed by atoms with E-state index >= 15 is 0 Å². The molecule has 1 aliphatic heterocycles. The van der Waals surface area contributed by atoms with Crippen LogP contribution in [0.25, 0.3) is 0 Å². The monoisotopic (exact) mass is 421 g/mol. The Kier molecular flexibility index (Phi) is 7.88. The molecule has 0 spiro atoms. The van der Waals surface area contributed by atoms with E-state index in [4.69, 9.17) is 0 Å². The average molecular weight is 421 g/mol. The van der Waals surface area contributed by atoms with E-state index in [-0.39, 0.29) is 5.78 Å². The van der Waals surface area contributed by atoms with Crippen molar-refractivity contribution in [3.8, 4) is 5.75 Å². The molecule has 1 atom stereocenters. The number of piperidine rings is 1. The van der Waals surface area contributed by atoms with Crippen LogP contribution in [0.2, 0.25) is 0 Å². The molecule has 1 aromatic rings. The zero-order valence-corrected chi connectivity index (χ0v) is 16.7. The molecule has 0 unspecified atom stereocenters. The fraction of sp³-hybridized carbons (Fsp3) is 0.632. The van der Waals surface area contributed by atoms with Gasteiger partial charge in [0, 0.05) is 12.3 Å². The van der Waals surface area contributed by atoms with E-state index in [0.29, 0.717) is 12.0 Å². The van der Waals surface area contributed by atoms with Crippen molar-refractivity contribution in [2.24, 2.45) is 0 Å². The Hall–Kier alpha value is -1.61. The second kappa shape index (κ2) is 9.73. The Morgan fingerprint density at radius 1 is 1.11 bits per heavy atom. The van der Waals surface area contributed by atoms with Gasteiger partial charge in [0.25, 0.3) is 0 Å². The number of carbonyl (C=O) groups excluding carboxylic acids is 1. The van der Waals surface area contributed by atoms with Crippen molar-refractivity contribution >= 4 is 15.9 Å². The first-order valence-electron chi connectivity index (χ1n) is 9.46. The molecule has 1 heterocycles. The largest absolute Gasteiger partial charge is 0.534 e. The molecule has 0 bridgehead atoms. The minimum absolute atomic E-state index is 0.0511. The Balaban J connectivity index is 1.81. The number of Topliss-reactive ketones (excluding diaryl/α,β-unsaturated/α-hetero) is 1. The molecule has 0 N–H and O–H groups in total. The van der Waals surface area contributed by atoms with Crippen molar-refractivity contribution in [2.75, 3.05) is 19.6 Å². The summed E-state index contributed by atoms with van der Waals surface area (Å²) in [6, 6.07) is 5.08. The van der Waals surface area contributed by atoms with Crippen molar-refractivity contribution in [3.63, 3.8) is 0 Å². The van der Waals surface area contributed by atoms with E-state index in [1.807, 2.05) is 0 Å². The summed E-state index contributed by atoms with van der Waals surface area (Å²) in [6.45, 7) is 4.99. The molecule has 1 aromatic carbocycles. The van der Waals surface area contributed by atoms with Crippen molar-refractivity contribution in [1.82, 2.24) is 4.90 Å². The highest BCUT2D eigenvalue weighted by molar-refractivity contribution is 7.88. The van der Waals surface area contributed by atoms with Crippen LogP contribution in [0, 0.1) is 0 Å². The van der Waals surface area contributed by atoms with Crippen molar-refractivity contribution in [3.05, 3.63) is 29.8 Å². The summed E-state index contributed by atoms with van der Waals surface area (Å²) in [6.07, 6.45) is 5.96. The summed E-state index contributed by atoms with van der Waals surface area (Å²) in [5, 5.41) is 0. The van der Waals surface area contributed by atoms with Gasteiger partial charge in [-0.1, -0.05) is 25.5 Å². The summed E-state index contributed by atoms with van der Waals surface area (Å²) in [5.74, 6) is -0.805. The Morgan fingerprint density at radius 2 is 1.71 bits per heavy atom. The number of likely N-dealkylation sites (tertiary alicyclic amines) is 1. The first-order valence-corrected chi connectivity index (χ1v) is 10.9. The normalized spacial score (nSPS) is 17.3. The van der Waals surface area contributed by atoms with E-state index < -0.39 is 27.3 Å². The molecule has 9 heteroatoms. The van der Waals surface area contributed by atoms with Crippen LogP contribution in [-0.4, -0.2) is 44.2 Å². The topological polar surface area (TPSA) is 63.7 Å². The minimum Gasteiger partial charge on any atom is -0.376 e. The van der Waals surface area contributed by atoms with Crippen LogP contribution in [0.1, 0.15) is 56.9 Å². The first kappa shape index (κ1) is 22.7. The summed E-state index contributed by atoms with van der Waals surface area (Å²) >= 11 is 0. The molecule has 0 saturated carbocycles. The number of halogens is 3. The quantitative estimate of drug-likeness (QED) is 0.339. The number of carbonyl (C=O) groups is 1. The van der Waals surface area contributed by atoms with Gasteiger partial charge < -0.3 is 9.08 Å². The van der Waals surface area contributed by atoms with E-state index in [1.54, 1.807) is 6.92 Å². The van der Waals surface area contributed by atoms with Crippen LogP contribution in [0.3, 0.4) is 0 Å². The Labute approximate surface area is 164 Å². The van der Waals surface area contributed by atoms with E-state index in [0.717, 1.165) is 44.6 Å². The summed E-state index contributed by atoms with van der Waals surface area (Å²) in [5.41, 5.74) is -4.87. The van der Waals surface area contributed by atoms with Crippen LogP contribution in [0.4, 0.5) is 13.2 Å². The van der Waals surface area contributed by atoms with Crippen molar-refractivity contribution in [1.29, 1.82) is 0 Å². The fourth-order valence-electron chi connectivity index (χ4n) is 3.21.